The van der Waals surface area contributed by atoms with Gasteiger partial charge in [-0.3, -0.25) is 19.3 Å². The van der Waals surface area contributed by atoms with Crippen LogP contribution in [0.1, 0.15) is 36.6 Å². The van der Waals surface area contributed by atoms with Crippen LogP contribution < -0.4 is 9.47 Å². The summed E-state index contributed by atoms with van der Waals surface area (Å²) >= 11 is 0. The van der Waals surface area contributed by atoms with Gasteiger partial charge in [0.1, 0.15) is 18.1 Å². The van der Waals surface area contributed by atoms with Gasteiger partial charge in [0.25, 0.3) is 5.92 Å². The van der Waals surface area contributed by atoms with Crippen molar-refractivity contribution in [2.45, 2.75) is 38.3 Å². The highest BCUT2D eigenvalue weighted by atomic mass is 19.3. The number of hydrogen-bond donors (Lipinski definition) is 1. The quantitative estimate of drug-likeness (QED) is 0.454. The number of methoxy groups -OCH3 is 1. The van der Waals surface area contributed by atoms with E-state index in [4.69, 9.17) is 9.47 Å². The van der Waals surface area contributed by atoms with E-state index in [0.29, 0.717) is 24.5 Å². The Hall–Kier alpha value is -2.78. The maximum absolute atomic E-state index is 14.3. The highest BCUT2D eigenvalue weighted by molar-refractivity contribution is 5.83. The Bertz CT molecular complexity index is 1210. The highest BCUT2D eigenvalue weighted by Crippen LogP contribution is 2.45. The molecule has 2 aliphatic rings. The van der Waals surface area contributed by atoms with Crippen molar-refractivity contribution < 1.29 is 22.6 Å². The van der Waals surface area contributed by atoms with Crippen molar-refractivity contribution in [2.24, 2.45) is 5.92 Å². The zero-order valence-corrected chi connectivity index (χ0v) is 20.9. The molecule has 0 spiro atoms. The van der Waals surface area contributed by atoms with Gasteiger partial charge in [0, 0.05) is 55.5 Å². The average molecular weight is 503 g/mol. The van der Waals surface area contributed by atoms with Gasteiger partial charge >= 0.3 is 0 Å². The van der Waals surface area contributed by atoms with E-state index in [1.54, 1.807) is 7.11 Å². The predicted octanol–water partition coefficient (Wildman–Crippen LogP) is 4.84. The molecule has 2 atom stereocenters. The first kappa shape index (κ1) is 24.9. The fourth-order valence-corrected chi connectivity index (χ4v) is 5.59. The monoisotopic (exact) mass is 502 g/mol. The molecule has 36 heavy (non-hydrogen) atoms. The molecule has 5 rings (SSSR count). The standard InChI is InChI=1S/C27H33F3N4O2/c1-17-10-22-20(6-7-24-23(22)13-31-32-24)26(34(17)16-27(2,29)30)21-5-4-19(11-25(21)35-3)36-9-8-33-14-18(12-28)15-33/h4-7,11,13,17-18,26H,8-10,12,14-16H2,1-3H3,(H,31,32)/t17-,26+/m1/s1. The summed E-state index contributed by atoms with van der Waals surface area (Å²) < 4.78 is 53.1. The molecule has 0 bridgehead atoms. The minimum Gasteiger partial charge on any atom is -0.496 e. The normalized spacial score (nSPS) is 21.4. The molecule has 1 N–H and O–H groups in total. The topological polar surface area (TPSA) is 53.6 Å². The highest BCUT2D eigenvalue weighted by Gasteiger charge is 2.40. The summed E-state index contributed by atoms with van der Waals surface area (Å²) in [5.41, 5.74) is 3.86. The van der Waals surface area contributed by atoms with E-state index in [2.05, 4.69) is 15.1 Å². The molecule has 0 amide bonds. The smallest absolute Gasteiger partial charge is 0.257 e. The largest absolute Gasteiger partial charge is 0.496 e. The summed E-state index contributed by atoms with van der Waals surface area (Å²) in [4.78, 5) is 4.04. The Morgan fingerprint density at radius 2 is 1.94 bits per heavy atom. The molecule has 3 heterocycles. The van der Waals surface area contributed by atoms with Crippen molar-refractivity contribution in [1.29, 1.82) is 0 Å². The first-order valence-corrected chi connectivity index (χ1v) is 12.4. The van der Waals surface area contributed by atoms with Gasteiger partial charge in [0.2, 0.25) is 0 Å². The number of benzene rings is 2. The van der Waals surface area contributed by atoms with Crippen LogP contribution >= 0.6 is 0 Å². The van der Waals surface area contributed by atoms with Crippen LogP contribution in [0.15, 0.2) is 36.5 Å². The van der Waals surface area contributed by atoms with Gasteiger partial charge in [0.05, 0.1) is 38.1 Å². The van der Waals surface area contributed by atoms with Crippen LogP contribution in [0.5, 0.6) is 11.5 Å². The zero-order chi connectivity index (χ0) is 25.4. The molecule has 1 fully saturated rings. The molecule has 1 saturated heterocycles. The molecule has 0 aliphatic carbocycles. The van der Waals surface area contributed by atoms with E-state index in [9.17, 15) is 13.2 Å². The zero-order valence-electron chi connectivity index (χ0n) is 20.9. The second-order valence-electron chi connectivity index (χ2n) is 10.2. The first-order chi connectivity index (χ1) is 17.3. The Labute approximate surface area is 209 Å². The fraction of sp³-hybridized carbons (Fsp3) is 0.519. The molecule has 2 aliphatic heterocycles. The van der Waals surface area contributed by atoms with Crippen LogP contribution in [-0.4, -0.2) is 78.5 Å². The minimum atomic E-state index is -2.85. The van der Waals surface area contributed by atoms with Crippen molar-refractivity contribution in [2.75, 3.05) is 46.6 Å². The van der Waals surface area contributed by atoms with Gasteiger partial charge in [-0.15, -0.1) is 0 Å². The van der Waals surface area contributed by atoms with Crippen molar-refractivity contribution in [3.8, 4) is 11.5 Å². The number of alkyl halides is 3. The van der Waals surface area contributed by atoms with Gasteiger partial charge in [-0.25, -0.2) is 8.78 Å². The lowest BCUT2D eigenvalue weighted by Gasteiger charge is -2.43. The third kappa shape index (κ3) is 4.91. The maximum Gasteiger partial charge on any atom is 0.257 e. The summed E-state index contributed by atoms with van der Waals surface area (Å²) in [7, 11) is 1.59. The second-order valence-corrected chi connectivity index (χ2v) is 10.2. The molecule has 6 nitrogen and oxygen atoms in total. The number of halogens is 3. The number of nitrogens with one attached hydrogen (secondary N) is 1. The van der Waals surface area contributed by atoms with Crippen molar-refractivity contribution >= 4 is 10.9 Å². The number of ether oxygens (including phenoxy) is 2. The summed E-state index contributed by atoms with van der Waals surface area (Å²) in [6.07, 6.45) is 2.46. The number of rotatable bonds is 9. The number of likely N-dealkylation sites (tertiary alicyclic amines) is 1. The molecule has 0 saturated carbocycles. The summed E-state index contributed by atoms with van der Waals surface area (Å²) in [6, 6.07) is 9.07. The number of fused-ring (bicyclic) bond motifs is 3. The number of hydrogen-bond acceptors (Lipinski definition) is 5. The summed E-state index contributed by atoms with van der Waals surface area (Å²) in [6.45, 7) is 5.07. The third-order valence-electron chi connectivity index (χ3n) is 7.35. The lowest BCUT2D eigenvalue weighted by Crippen LogP contribution is -2.49. The molecule has 2 aromatic carbocycles. The van der Waals surface area contributed by atoms with E-state index in [1.165, 1.54) is 0 Å². The minimum absolute atomic E-state index is 0.112. The number of nitrogens with zero attached hydrogens (tertiary/aromatic N) is 3. The second kappa shape index (κ2) is 9.94. The van der Waals surface area contributed by atoms with E-state index >= 15 is 0 Å². The number of aromatic amines is 1. The van der Waals surface area contributed by atoms with Crippen LogP contribution in [0.3, 0.4) is 0 Å². The molecule has 3 aromatic rings. The predicted molar refractivity (Wildman–Crippen MR) is 133 cm³/mol. The Balaban J connectivity index is 1.45. The van der Waals surface area contributed by atoms with Crippen molar-refractivity contribution in [3.05, 3.63) is 53.2 Å². The Morgan fingerprint density at radius 3 is 2.67 bits per heavy atom. The molecular weight excluding hydrogens is 469 g/mol. The molecule has 0 radical (unpaired) electrons. The van der Waals surface area contributed by atoms with Gasteiger partial charge in [-0.05, 0) is 42.7 Å². The summed E-state index contributed by atoms with van der Waals surface area (Å²) in [5.74, 6) is -1.46. The Morgan fingerprint density at radius 1 is 1.17 bits per heavy atom. The SMILES string of the molecule is COc1cc(OCCN2CC(CF)C2)ccc1[C@@H]1c2ccc3[nH]ncc3c2C[C@@H](C)N1CC(C)(F)F. The molecule has 194 valence electrons. The number of H-pyrrole nitrogens is 1. The number of aromatic nitrogens is 2. The van der Waals surface area contributed by atoms with E-state index in [0.717, 1.165) is 54.2 Å². The van der Waals surface area contributed by atoms with E-state index < -0.39 is 12.0 Å². The van der Waals surface area contributed by atoms with Gasteiger partial charge in [0.15, 0.2) is 0 Å². The fourth-order valence-electron chi connectivity index (χ4n) is 5.59. The van der Waals surface area contributed by atoms with Crippen LogP contribution in [0.25, 0.3) is 10.9 Å². The van der Waals surface area contributed by atoms with Crippen molar-refractivity contribution in [3.63, 3.8) is 0 Å². The van der Waals surface area contributed by atoms with Gasteiger partial charge in [-0.2, -0.15) is 5.10 Å². The average Bonchev–Trinajstić information content (AvgIpc) is 3.30. The van der Waals surface area contributed by atoms with Gasteiger partial charge < -0.3 is 9.47 Å². The van der Waals surface area contributed by atoms with Crippen LogP contribution in [0.4, 0.5) is 13.2 Å². The van der Waals surface area contributed by atoms with Gasteiger partial charge in [-0.1, -0.05) is 6.07 Å². The third-order valence-corrected chi connectivity index (χ3v) is 7.35. The van der Waals surface area contributed by atoms with Crippen LogP contribution in [-0.2, 0) is 6.42 Å². The summed E-state index contributed by atoms with van der Waals surface area (Å²) in [5, 5.41) is 8.23. The first-order valence-electron chi connectivity index (χ1n) is 12.4. The maximum atomic E-state index is 14.3. The molecule has 1 aromatic heterocycles. The van der Waals surface area contributed by atoms with Crippen molar-refractivity contribution in [1.82, 2.24) is 20.0 Å². The lowest BCUT2D eigenvalue weighted by atomic mass is 9.83. The molecular formula is C27H33F3N4O2. The Kier molecular flexibility index (Phi) is 6.87. The van der Waals surface area contributed by atoms with E-state index in [-0.39, 0.29) is 25.2 Å². The molecule has 9 heteroatoms. The lowest BCUT2D eigenvalue weighted by molar-refractivity contribution is -0.0364. The van der Waals surface area contributed by atoms with Crippen LogP contribution in [0, 0.1) is 5.92 Å². The molecule has 0 unspecified atom stereocenters. The van der Waals surface area contributed by atoms with Crippen LogP contribution in [0.2, 0.25) is 0 Å². The van der Waals surface area contributed by atoms with E-state index in [1.807, 2.05) is 48.4 Å².